The zero-order chi connectivity index (χ0) is 21.3. The van der Waals surface area contributed by atoms with Gasteiger partial charge in [-0.15, -0.1) is 0 Å². The molecule has 3 aromatic rings. The molecule has 0 radical (unpaired) electrons. The van der Waals surface area contributed by atoms with Gasteiger partial charge < -0.3 is 4.74 Å². The standard InChI is InChI=1S/C21H18Cl2N2O4S/c22-16-13-17(23)19(30(27,28)25-10-2-1-3-11-25)12-15(16)21(26)29-18-8-4-6-14-7-5-9-24-20(14)18/h4-9,12-13H,1-3,10-11H2. The number of sulfonamides is 1. The second kappa shape index (κ2) is 8.51. The number of rotatable bonds is 4. The van der Waals surface area contributed by atoms with E-state index in [1.54, 1.807) is 24.4 Å². The molecule has 1 aliphatic rings. The monoisotopic (exact) mass is 464 g/mol. The number of piperidine rings is 1. The number of halogens is 2. The molecule has 30 heavy (non-hydrogen) atoms. The summed E-state index contributed by atoms with van der Waals surface area (Å²) in [6.07, 6.45) is 4.15. The van der Waals surface area contributed by atoms with E-state index < -0.39 is 16.0 Å². The topological polar surface area (TPSA) is 76.6 Å². The molecule has 6 nitrogen and oxygen atoms in total. The molecule has 9 heteroatoms. The van der Waals surface area contributed by atoms with E-state index in [-0.39, 0.29) is 26.3 Å². The molecular formula is C21H18Cl2N2O4S. The third-order valence-electron chi connectivity index (χ3n) is 4.97. The van der Waals surface area contributed by atoms with E-state index in [2.05, 4.69) is 4.98 Å². The summed E-state index contributed by atoms with van der Waals surface area (Å²) in [6, 6.07) is 11.3. The maximum absolute atomic E-state index is 13.1. The van der Waals surface area contributed by atoms with Gasteiger partial charge in [0.2, 0.25) is 10.0 Å². The van der Waals surface area contributed by atoms with Crippen LogP contribution in [0, 0.1) is 0 Å². The number of aromatic nitrogens is 1. The number of esters is 1. The number of para-hydroxylation sites is 1. The first-order chi connectivity index (χ1) is 14.4. The minimum atomic E-state index is -3.85. The Bertz CT molecular complexity index is 1220. The lowest BCUT2D eigenvalue weighted by molar-refractivity contribution is 0.0736. The summed E-state index contributed by atoms with van der Waals surface area (Å²) >= 11 is 12.4. The summed E-state index contributed by atoms with van der Waals surface area (Å²) in [5.74, 6) is -0.533. The van der Waals surface area contributed by atoms with E-state index in [0.717, 1.165) is 24.6 Å². The number of fused-ring (bicyclic) bond motifs is 1. The summed E-state index contributed by atoms with van der Waals surface area (Å²) in [5.41, 5.74) is 0.434. The number of ether oxygens (including phenoxy) is 1. The highest BCUT2D eigenvalue weighted by Crippen LogP contribution is 2.33. The van der Waals surface area contributed by atoms with Crippen molar-refractivity contribution in [2.45, 2.75) is 24.2 Å². The van der Waals surface area contributed by atoms with Crippen LogP contribution in [-0.4, -0.2) is 36.8 Å². The van der Waals surface area contributed by atoms with Crippen LogP contribution in [-0.2, 0) is 10.0 Å². The van der Waals surface area contributed by atoms with E-state index in [1.807, 2.05) is 12.1 Å². The first-order valence-electron chi connectivity index (χ1n) is 9.43. The molecule has 1 aliphatic heterocycles. The number of nitrogens with zero attached hydrogens (tertiary/aromatic N) is 2. The van der Waals surface area contributed by atoms with Gasteiger partial charge in [-0.3, -0.25) is 4.98 Å². The van der Waals surface area contributed by atoms with Gasteiger partial charge in [0.05, 0.1) is 15.6 Å². The fourth-order valence-corrected chi connectivity index (χ4v) is 5.78. The van der Waals surface area contributed by atoms with Crippen molar-refractivity contribution in [2.24, 2.45) is 0 Å². The van der Waals surface area contributed by atoms with E-state index in [1.165, 1.54) is 16.4 Å². The molecule has 0 saturated carbocycles. The van der Waals surface area contributed by atoms with Crippen LogP contribution in [0.3, 0.4) is 0 Å². The fourth-order valence-electron chi connectivity index (χ4n) is 3.44. The Kier molecular flexibility index (Phi) is 5.97. The molecule has 4 rings (SSSR count). The summed E-state index contributed by atoms with van der Waals surface area (Å²) < 4.78 is 33.0. The van der Waals surface area contributed by atoms with Crippen molar-refractivity contribution in [3.05, 3.63) is 64.3 Å². The second-order valence-electron chi connectivity index (χ2n) is 6.95. The van der Waals surface area contributed by atoms with Crippen LogP contribution in [0.4, 0.5) is 0 Å². The number of hydrogen-bond acceptors (Lipinski definition) is 5. The predicted octanol–water partition coefficient (Wildman–Crippen LogP) is 4.94. The molecule has 2 aromatic carbocycles. The number of benzene rings is 2. The largest absolute Gasteiger partial charge is 0.421 e. The number of carbonyl (C=O) groups is 1. The number of pyridine rings is 1. The van der Waals surface area contributed by atoms with Crippen molar-refractivity contribution in [1.29, 1.82) is 0 Å². The SMILES string of the molecule is O=C(Oc1cccc2cccnc12)c1cc(S(=O)(=O)N2CCCCC2)c(Cl)cc1Cl. The fraction of sp³-hybridized carbons (Fsp3) is 0.238. The van der Waals surface area contributed by atoms with Crippen LogP contribution >= 0.6 is 23.2 Å². The Balaban J connectivity index is 1.70. The molecule has 0 N–H and O–H groups in total. The average Bonchev–Trinajstić information content (AvgIpc) is 2.74. The maximum atomic E-state index is 13.1. The Morgan fingerprint density at radius 1 is 1.00 bits per heavy atom. The van der Waals surface area contributed by atoms with Gasteiger partial charge in [-0.05, 0) is 37.1 Å². The van der Waals surface area contributed by atoms with Crippen LogP contribution in [0.15, 0.2) is 53.6 Å². The quantitative estimate of drug-likeness (QED) is 0.403. The highest BCUT2D eigenvalue weighted by Gasteiger charge is 2.30. The minimum absolute atomic E-state index is 0.00999. The predicted molar refractivity (Wildman–Crippen MR) is 116 cm³/mol. The van der Waals surface area contributed by atoms with E-state index >= 15 is 0 Å². The van der Waals surface area contributed by atoms with Gasteiger partial charge in [-0.2, -0.15) is 4.31 Å². The van der Waals surface area contributed by atoms with Gasteiger partial charge in [-0.1, -0.05) is 47.8 Å². The zero-order valence-corrected chi connectivity index (χ0v) is 18.2. The summed E-state index contributed by atoms with van der Waals surface area (Å²) in [5, 5.41) is 0.781. The third-order valence-corrected chi connectivity index (χ3v) is 7.65. The second-order valence-corrected chi connectivity index (χ2v) is 9.67. The Morgan fingerprint density at radius 3 is 2.50 bits per heavy atom. The van der Waals surface area contributed by atoms with Crippen molar-refractivity contribution < 1.29 is 17.9 Å². The molecule has 156 valence electrons. The molecule has 1 aromatic heterocycles. The van der Waals surface area contributed by atoms with Crippen LogP contribution < -0.4 is 4.74 Å². The van der Waals surface area contributed by atoms with Crippen molar-refractivity contribution in [1.82, 2.24) is 9.29 Å². The lowest BCUT2D eigenvalue weighted by Gasteiger charge is -2.26. The first-order valence-corrected chi connectivity index (χ1v) is 11.6. The summed E-state index contributed by atoms with van der Waals surface area (Å²) in [4.78, 5) is 17.0. The average molecular weight is 465 g/mol. The molecule has 0 aliphatic carbocycles. The smallest absolute Gasteiger partial charge is 0.345 e. The molecule has 0 amide bonds. The van der Waals surface area contributed by atoms with Crippen molar-refractivity contribution in [3.63, 3.8) is 0 Å². The van der Waals surface area contributed by atoms with E-state index in [4.69, 9.17) is 27.9 Å². The molecule has 2 heterocycles. The van der Waals surface area contributed by atoms with Crippen molar-refractivity contribution >= 4 is 50.1 Å². The summed E-state index contributed by atoms with van der Waals surface area (Å²) in [7, 11) is -3.85. The van der Waals surface area contributed by atoms with Gasteiger partial charge in [0.1, 0.15) is 10.4 Å². The molecular weight excluding hydrogens is 447 g/mol. The van der Waals surface area contributed by atoms with Crippen LogP contribution in [0.1, 0.15) is 29.6 Å². The number of carbonyl (C=O) groups excluding carboxylic acids is 1. The van der Waals surface area contributed by atoms with Gasteiger partial charge in [0.25, 0.3) is 0 Å². The van der Waals surface area contributed by atoms with Gasteiger partial charge in [-0.25, -0.2) is 13.2 Å². The normalized spacial score (nSPS) is 15.3. The van der Waals surface area contributed by atoms with Gasteiger partial charge in [0, 0.05) is 24.7 Å². The van der Waals surface area contributed by atoms with Crippen molar-refractivity contribution in [3.8, 4) is 5.75 Å². The first kappa shape index (κ1) is 21.1. The molecule has 0 spiro atoms. The Labute approximate surface area is 184 Å². The number of hydrogen-bond donors (Lipinski definition) is 0. The molecule has 0 unspecified atom stereocenters. The minimum Gasteiger partial charge on any atom is -0.421 e. The lowest BCUT2D eigenvalue weighted by atomic mass is 10.2. The highest BCUT2D eigenvalue weighted by molar-refractivity contribution is 7.89. The molecule has 1 saturated heterocycles. The van der Waals surface area contributed by atoms with Crippen LogP contribution in [0.5, 0.6) is 5.75 Å². The van der Waals surface area contributed by atoms with Gasteiger partial charge in [0.15, 0.2) is 5.75 Å². The van der Waals surface area contributed by atoms with Crippen molar-refractivity contribution in [2.75, 3.05) is 13.1 Å². The van der Waals surface area contributed by atoms with Crippen LogP contribution in [0.2, 0.25) is 10.0 Å². The summed E-state index contributed by atoms with van der Waals surface area (Å²) in [6.45, 7) is 0.839. The van der Waals surface area contributed by atoms with Crippen LogP contribution in [0.25, 0.3) is 10.9 Å². The van der Waals surface area contributed by atoms with E-state index in [9.17, 15) is 13.2 Å². The Morgan fingerprint density at radius 2 is 1.73 bits per heavy atom. The Hall–Kier alpha value is -2.19. The third kappa shape index (κ3) is 4.03. The van der Waals surface area contributed by atoms with Gasteiger partial charge >= 0.3 is 5.97 Å². The van der Waals surface area contributed by atoms with E-state index in [0.29, 0.717) is 18.6 Å². The highest BCUT2D eigenvalue weighted by atomic mass is 35.5. The lowest BCUT2D eigenvalue weighted by Crippen LogP contribution is -2.35. The molecule has 0 bridgehead atoms. The zero-order valence-electron chi connectivity index (χ0n) is 15.8. The molecule has 1 fully saturated rings. The maximum Gasteiger partial charge on any atom is 0.345 e. The molecule has 0 atom stereocenters.